The number of aliphatic hydroxyl groups is 1. The minimum atomic E-state index is -0.267. The Bertz CT molecular complexity index is 277. The summed E-state index contributed by atoms with van der Waals surface area (Å²) >= 11 is 0. The van der Waals surface area contributed by atoms with E-state index in [2.05, 4.69) is 17.6 Å². The monoisotopic (exact) mass is 270 g/mol. The van der Waals surface area contributed by atoms with Gasteiger partial charge in [-0.2, -0.15) is 0 Å². The average Bonchev–Trinajstić information content (AvgIpc) is 2.39. The van der Waals surface area contributed by atoms with Gasteiger partial charge in [-0.1, -0.05) is 13.8 Å². The third-order valence-corrected chi connectivity index (χ3v) is 4.53. The van der Waals surface area contributed by atoms with E-state index >= 15 is 0 Å². The Balaban J connectivity index is 2.40. The highest BCUT2D eigenvalue weighted by atomic mass is 16.3. The minimum absolute atomic E-state index is 0.118. The number of aliphatic hydroxyl groups excluding tert-OH is 1. The average molecular weight is 270 g/mol. The third kappa shape index (κ3) is 5.49. The zero-order valence-corrected chi connectivity index (χ0v) is 12.7. The van der Waals surface area contributed by atoms with Crippen molar-refractivity contribution in [2.45, 2.75) is 58.4 Å². The van der Waals surface area contributed by atoms with E-state index in [0.717, 1.165) is 19.5 Å². The zero-order chi connectivity index (χ0) is 14.3. The molecule has 112 valence electrons. The van der Waals surface area contributed by atoms with Crippen LogP contribution in [0.1, 0.15) is 52.9 Å². The maximum Gasteiger partial charge on any atom is 0.220 e. The Kier molecular flexibility index (Phi) is 6.80. The van der Waals surface area contributed by atoms with Gasteiger partial charge in [-0.3, -0.25) is 4.79 Å². The van der Waals surface area contributed by atoms with Crippen molar-refractivity contribution in [3.05, 3.63) is 0 Å². The van der Waals surface area contributed by atoms with Crippen LogP contribution in [0.5, 0.6) is 0 Å². The number of carbonyl (C=O) groups is 1. The molecular weight excluding hydrogens is 240 g/mol. The predicted octanol–water partition coefficient (Wildman–Crippen LogP) is 1.68. The van der Waals surface area contributed by atoms with Crippen LogP contribution in [0.4, 0.5) is 0 Å². The molecule has 4 heteroatoms. The van der Waals surface area contributed by atoms with E-state index in [1.54, 1.807) is 0 Å². The first kappa shape index (κ1) is 16.4. The quantitative estimate of drug-likeness (QED) is 0.659. The lowest BCUT2D eigenvalue weighted by Gasteiger charge is -2.32. The van der Waals surface area contributed by atoms with Crippen LogP contribution < -0.4 is 10.6 Å². The molecule has 1 aliphatic heterocycles. The highest BCUT2D eigenvalue weighted by Crippen LogP contribution is 2.23. The fourth-order valence-electron chi connectivity index (χ4n) is 2.79. The van der Waals surface area contributed by atoms with E-state index in [1.165, 1.54) is 12.8 Å². The Morgan fingerprint density at radius 1 is 1.58 bits per heavy atom. The van der Waals surface area contributed by atoms with E-state index in [1.807, 2.05) is 13.8 Å². The van der Waals surface area contributed by atoms with Gasteiger partial charge >= 0.3 is 0 Å². The van der Waals surface area contributed by atoms with Crippen LogP contribution in [0, 0.1) is 11.8 Å². The first-order valence-electron chi connectivity index (χ1n) is 7.63. The van der Waals surface area contributed by atoms with Crippen LogP contribution in [-0.4, -0.2) is 36.2 Å². The molecule has 3 unspecified atom stereocenters. The van der Waals surface area contributed by atoms with Gasteiger partial charge in [0.05, 0.1) is 0 Å². The number of rotatable bonds is 7. The maximum atomic E-state index is 12.1. The molecule has 4 nitrogen and oxygen atoms in total. The van der Waals surface area contributed by atoms with Gasteiger partial charge in [-0.05, 0) is 57.5 Å². The summed E-state index contributed by atoms with van der Waals surface area (Å²) in [6, 6.07) is 0. The van der Waals surface area contributed by atoms with E-state index in [0.29, 0.717) is 24.7 Å². The fraction of sp³-hybridized carbons (Fsp3) is 0.933. The fourth-order valence-corrected chi connectivity index (χ4v) is 2.79. The molecule has 0 aliphatic carbocycles. The van der Waals surface area contributed by atoms with Gasteiger partial charge in [-0.25, -0.2) is 0 Å². The number of carbonyl (C=O) groups excluding carboxylic acids is 1. The molecule has 1 aliphatic rings. The lowest BCUT2D eigenvalue weighted by molar-refractivity contribution is -0.124. The van der Waals surface area contributed by atoms with Gasteiger partial charge in [0.1, 0.15) is 0 Å². The van der Waals surface area contributed by atoms with Crippen molar-refractivity contribution in [2.24, 2.45) is 11.8 Å². The summed E-state index contributed by atoms with van der Waals surface area (Å²) in [4.78, 5) is 12.1. The SMILES string of the molecule is CCC(C)(CCO)NC(=O)CC(C)C1CCCNC1. The van der Waals surface area contributed by atoms with Crippen molar-refractivity contribution in [1.82, 2.24) is 10.6 Å². The second kappa shape index (κ2) is 7.85. The second-order valence-electron chi connectivity index (χ2n) is 6.22. The molecule has 19 heavy (non-hydrogen) atoms. The Morgan fingerprint density at radius 2 is 2.32 bits per heavy atom. The number of nitrogens with one attached hydrogen (secondary N) is 2. The van der Waals surface area contributed by atoms with Crippen LogP contribution >= 0.6 is 0 Å². The molecule has 1 saturated heterocycles. The predicted molar refractivity (Wildman–Crippen MR) is 77.9 cm³/mol. The smallest absolute Gasteiger partial charge is 0.220 e. The summed E-state index contributed by atoms with van der Waals surface area (Å²) in [5.74, 6) is 1.16. The molecule has 3 atom stereocenters. The standard InChI is InChI=1S/C15H30N2O2/c1-4-15(3,7-9-18)17-14(19)10-12(2)13-6-5-8-16-11-13/h12-13,16,18H,4-11H2,1-3H3,(H,17,19). The molecule has 0 saturated carbocycles. The second-order valence-corrected chi connectivity index (χ2v) is 6.22. The highest BCUT2D eigenvalue weighted by molar-refractivity contribution is 5.77. The van der Waals surface area contributed by atoms with Crippen LogP contribution in [0.3, 0.4) is 0 Å². The molecule has 0 bridgehead atoms. The summed E-state index contributed by atoms with van der Waals surface area (Å²) in [6.45, 7) is 8.49. The third-order valence-electron chi connectivity index (χ3n) is 4.53. The van der Waals surface area contributed by atoms with E-state index in [9.17, 15) is 4.79 Å². The number of amides is 1. The van der Waals surface area contributed by atoms with Crippen LogP contribution in [0.2, 0.25) is 0 Å². The largest absolute Gasteiger partial charge is 0.396 e. The molecule has 1 heterocycles. The molecule has 1 amide bonds. The Morgan fingerprint density at radius 3 is 2.84 bits per heavy atom. The van der Waals surface area contributed by atoms with Crippen LogP contribution in [0.15, 0.2) is 0 Å². The van der Waals surface area contributed by atoms with E-state index in [4.69, 9.17) is 5.11 Å². The summed E-state index contributed by atoms with van der Waals surface area (Å²) in [6.07, 6.45) is 4.50. The van der Waals surface area contributed by atoms with Gasteiger partial charge in [0.2, 0.25) is 5.91 Å². The normalized spacial score (nSPS) is 24.5. The first-order chi connectivity index (χ1) is 9.00. The van der Waals surface area contributed by atoms with Gasteiger partial charge in [0.15, 0.2) is 0 Å². The van der Waals surface area contributed by atoms with Crippen LogP contribution in [-0.2, 0) is 4.79 Å². The molecular formula is C15H30N2O2. The van der Waals surface area contributed by atoms with Gasteiger partial charge in [0.25, 0.3) is 0 Å². The molecule has 1 rings (SSSR count). The topological polar surface area (TPSA) is 61.4 Å². The van der Waals surface area contributed by atoms with Crippen LogP contribution in [0.25, 0.3) is 0 Å². The number of piperidine rings is 1. The van der Waals surface area contributed by atoms with Crippen molar-refractivity contribution in [3.8, 4) is 0 Å². The molecule has 3 N–H and O–H groups in total. The van der Waals surface area contributed by atoms with Crippen molar-refractivity contribution in [3.63, 3.8) is 0 Å². The number of hydrogen-bond acceptors (Lipinski definition) is 3. The first-order valence-corrected chi connectivity index (χ1v) is 7.63. The Labute approximate surface area is 117 Å². The summed E-state index contributed by atoms with van der Waals surface area (Å²) in [7, 11) is 0. The van der Waals surface area contributed by atoms with Crippen molar-refractivity contribution < 1.29 is 9.90 Å². The molecule has 0 aromatic rings. The van der Waals surface area contributed by atoms with Gasteiger partial charge in [-0.15, -0.1) is 0 Å². The Hall–Kier alpha value is -0.610. The molecule has 0 aromatic carbocycles. The van der Waals surface area contributed by atoms with Crippen molar-refractivity contribution in [1.29, 1.82) is 0 Å². The lowest BCUT2D eigenvalue weighted by atomic mass is 9.85. The minimum Gasteiger partial charge on any atom is -0.396 e. The van der Waals surface area contributed by atoms with E-state index in [-0.39, 0.29) is 18.1 Å². The van der Waals surface area contributed by atoms with Gasteiger partial charge < -0.3 is 15.7 Å². The lowest BCUT2D eigenvalue weighted by Crippen LogP contribution is -2.47. The molecule has 0 spiro atoms. The highest BCUT2D eigenvalue weighted by Gasteiger charge is 2.26. The maximum absolute atomic E-state index is 12.1. The van der Waals surface area contributed by atoms with Crippen molar-refractivity contribution >= 4 is 5.91 Å². The number of hydrogen-bond donors (Lipinski definition) is 3. The van der Waals surface area contributed by atoms with E-state index < -0.39 is 0 Å². The zero-order valence-electron chi connectivity index (χ0n) is 12.7. The molecule has 0 radical (unpaired) electrons. The summed E-state index contributed by atoms with van der Waals surface area (Å²) in [5.41, 5.74) is -0.267. The summed E-state index contributed by atoms with van der Waals surface area (Å²) < 4.78 is 0. The van der Waals surface area contributed by atoms with Crippen molar-refractivity contribution in [2.75, 3.05) is 19.7 Å². The molecule has 1 fully saturated rings. The molecule has 0 aromatic heterocycles. The van der Waals surface area contributed by atoms with Gasteiger partial charge in [0, 0.05) is 18.6 Å². The summed E-state index contributed by atoms with van der Waals surface area (Å²) in [5, 5.41) is 15.6.